The Bertz CT molecular complexity index is 143. The molecule has 0 aliphatic heterocycles. The average molecular weight is 185 g/mol. The summed E-state index contributed by atoms with van der Waals surface area (Å²) in [5.41, 5.74) is 11.9. The van der Waals surface area contributed by atoms with E-state index >= 15 is 0 Å². The third-order valence-corrected chi connectivity index (χ3v) is 2.54. The molecule has 1 aliphatic carbocycles. The van der Waals surface area contributed by atoms with E-state index in [0.29, 0.717) is 12.0 Å². The van der Waals surface area contributed by atoms with Gasteiger partial charge >= 0.3 is 0 Å². The van der Waals surface area contributed by atoms with Gasteiger partial charge in [0, 0.05) is 6.04 Å². The van der Waals surface area contributed by atoms with Crippen LogP contribution in [0.5, 0.6) is 0 Å². The van der Waals surface area contributed by atoms with Crippen LogP contribution in [0.2, 0.25) is 0 Å². The Morgan fingerprint density at radius 2 is 1.92 bits per heavy atom. The third-order valence-electron chi connectivity index (χ3n) is 2.54. The quantitative estimate of drug-likeness (QED) is 0.532. The van der Waals surface area contributed by atoms with Crippen LogP contribution in [0, 0.1) is 11.8 Å². The zero-order valence-corrected chi connectivity index (χ0v) is 8.79. The van der Waals surface area contributed by atoms with Crippen LogP contribution in [0.4, 0.5) is 0 Å². The summed E-state index contributed by atoms with van der Waals surface area (Å²) in [7, 11) is 0. The third kappa shape index (κ3) is 4.60. The normalized spacial score (nSPS) is 21.9. The Balaban J connectivity index is 2.05. The number of nitrogens with one attached hydrogen (secondary N) is 1. The Hall–Kier alpha value is -0.120. The van der Waals surface area contributed by atoms with Crippen LogP contribution in [0.1, 0.15) is 33.1 Å². The van der Waals surface area contributed by atoms with E-state index in [1.807, 2.05) is 0 Å². The van der Waals surface area contributed by atoms with Crippen molar-refractivity contribution in [3.05, 3.63) is 0 Å². The van der Waals surface area contributed by atoms with Gasteiger partial charge in [-0.25, -0.2) is 0 Å². The van der Waals surface area contributed by atoms with Gasteiger partial charge in [-0.3, -0.25) is 0 Å². The number of rotatable bonds is 6. The molecule has 2 unspecified atom stereocenters. The highest BCUT2D eigenvalue weighted by atomic mass is 15.0. The van der Waals surface area contributed by atoms with Gasteiger partial charge in [-0.2, -0.15) is 0 Å². The van der Waals surface area contributed by atoms with Gasteiger partial charge in [-0.05, 0) is 37.6 Å². The molecule has 78 valence electrons. The van der Waals surface area contributed by atoms with E-state index < -0.39 is 0 Å². The summed E-state index contributed by atoms with van der Waals surface area (Å²) in [6.45, 7) is 5.35. The number of nitrogens with two attached hydrogens (primary N) is 2. The lowest BCUT2D eigenvalue weighted by atomic mass is 10.1. The Labute approximate surface area is 81.2 Å². The van der Waals surface area contributed by atoms with Crippen LogP contribution in [-0.2, 0) is 0 Å². The summed E-state index contributed by atoms with van der Waals surface area (Å²) >= 11 is 0. The fourth-order valence-corrected chi connectivity index (χ4v) is 1.48. The molecule has 3 heteroatoms. The van der Waals surface area contributed by atoms with Crippen LogP contribution in [-0.4, -0.2) is 18.8 Å². The minimum Gasteiger partial charge on any atom is -0.327 e. The van der Waals surface area contributed by atoms with Gasteiger partial charge < -0.3 is 16.8 Å². The molecular weight excluding hydrogens is 162 g/mol. The van der Waals surface area contributed by atoms with Gasteiger partial charge in [0.2, 0.25) is 0 Å². The first kappa shape index (κ1) is 11.0. The molecule has 1 fully saturated rings. The van der Waals surface area contributed by atoms with E-state index in [2.05, 4.69) is 19.2 Å². The summed E-state index contributed by atoms with van der Waals surface area (Å²) in [6.07, 6.45) is 3.60. The maximum Gasteiger partial charge on any atom is 0.0561 e. The van der Waals surface area contributed by atoms with Gasteiger partial charge in [-0.15, -0.1) is 0 Å². The molecule has 0 bridgehead atoms. The Kier molecular flexibility index (Phi) is 4.16. The van der Waals surface area contributed by atoms with Crippen molar-refractivity contribution < 1.29 is 0 Å². The van der Waals surface area contributed by atoms with Gasteiger partial charge in [0.15, 0.2) is 0 Å². The van der Waals surface area contributed by atoms with E-state index in [4.69, 9.17) is 11.5 Å². The molecule has 13 heavy (non-hydrogen) atoms. The van der Waals surface area contributed by atoms with Crippen molar-refractivity contribution in [2.75, 3.05) is 6.54 Å². The van der Waals surface area contributed by atoms with Crippen LogP contribution in [0.15, 0.2) is 0 Å². The Morgan fingerprint density at radius 1 is 1.31 bits per heavy atom. The van der Waals surface area contributed by atoms with Crippen LogP contribution in [0.3, 0.4) is 0 Å². The lowest BCUT2D eigenvalue weighted by Gasteiger charge is -2.19. The molecule has 1 aliphatic rings. The first-order valence-corrected chi connectivity index (χ1v) is 5.34. The molecule has 5 N–H and O–H groups in total. The molecule has 2 atom stereocenters. The van der Waals surface area contributed by atoms with Crippen molar-refractivity contribution >= 4 is 0 Å². The molecule has 3 nitrogen and oxygen atoms in total. The van der Waals surface area contributed by atoms with E-state index in [9.17, 15) is 0 Å². The largest absolute Gasteiger partial charge is 0.327 e. The zero-order chi connectivity index (χ0) is 9.84. The second kappa shape index (κ2) is 4.94. The first-order valence-electron chi connectivity index (χ1n) is 5.34. The fourth-order valence-electron chi connectivity index (χ4n) is 1.48. The van der Waals surface area contributed by atoms with Gasteiger partial charge in [0.1, 0.15) is 0 Å². The average Bonchev–Trinajstić information content (AvgIpc) is 2.82. The maximum atomic E-state index is 5.97. The molecule has 0 radical (unpaired) electrons. The highest BCUT2D eigenvalue weighted by Gasteiger charge is 2.29. The second-order valence-electron chi connectivity index (χ2n) is 4.65. The van der Waals surface area contributed by atoms with E-state index in [0.717, 1.165) is 18.9 Å². The standard InChI is InChI=1S/C10H23N3/c1-7(2)6-13-10(12)5-9(11)8-3-4-8/h7-10,13H,3-6,11-12H2,1-2H3. The lowest BCUT2D eigenvalue weighted by molar-refractivity contribution is 0.403. The predicted molar refractivity (Wildman–Crippen MR) is 56.1 cm³/mol. The molecule has 1 saturated carbocycles. The fraction of sp³-hybridized carbons (Fsp3) is 1.00. The minimum atomic E-state index is 0.0815. The van der Waals surface area contributed by atoms with Crippen molar-refractivity contribution in [3.8, 4) is 0 Å². The van der Waals surface area contributed by atoms with Crippen molar-refractivity contribution in [1.29, 1.82) is 0 Å². The van der Waals surface area contributed by atoms with Crippen molar-refractivity contribution in [2.45, 2.75) is 45.3 Å². The van der Waals surface area contributed by atoms with Gasteiger partial charge in [-0.1, -0.05) is 13.8 Å². The summed E-state index contributed by atoms with van der Waals surface area (Å²) in [4.78, 5) is 0. The van der Waals surface area contributed by atoms with E-state index in [-0.39, 0.29) is 6.17 Å². The molecule has 0 amide bonds. The molecule has 1 rings (SSSR count). The second-order valence-corrected chi connectivity index (χ2v) is 4.65. The minimum absolute atomic E-state index is 0.0815. The first-order chi connectivity index (χ1) is 6.09. The molecule has 0 saturated heterocycles. The van der Waals surface area contributed by atoms with Crippen LogP contribution >= 0.6 is 0 Å². The van der Waals surface area contributed by atoms with Crippen molar-refractivity contribution in [1.82, 2.24) is 5.32 Å². The molecule has 0 aromatic carbocycles. The molecular formula is C10H23N3. The zero-order valence-electron chi connectivity index (χ0n) is 8.79. The van der Waals surface area contributed by atoms with E-state index in [1.54, 1.807) is 0 Å². The highest BCUT2D eigenvalue weighted by molar-refractivity contribution is 4.85. The van der Waals surface area contributed by atoms with Gasteiger partial charge in [0.05, 0.1) is 6.17 Å². The predicted octanol–water partition coefficient (Wildman–Crippen LogP) is 0.644. The number of hydrogen-bond acceptors (Lipinski definition) is 3. The van der Waals surface area contributed by atoms with Crippen molar-refractivity contribution in [3.63, 3.8) is 0 Å². The van der Waals surface area contributed by atoms with Crippen LogP contribution in [0.25, 0.3) is 0 Å². The highest BCUT2D eigenvalue weighted by Crippen LogP contribution is 2.32. The summed E-state index contributed by atoms with van der Waals surface area (Å²) in [5.74, 6) is 1.41. The summed E-state index contributed by atoms with van der Waals surface area (Å²) in [5, 5.41) is 3.29. The maximum absolute atomic E-state index is 5.97. The molecule has 0 aromatic heterocycles. The molecule has 0 heterocycles. The number of hydrogen-bond donors (Lipinski definition) is 3. The SMILES string of the molecule is CC(C)CNC(N)CC(N)C1CC1. The summed E-state index contributed by atoms with van der Waals surface area (Å²) in [6, 6.07) is 0.315. The van der Waals surface area contributed by atoms with Crippen molar-refractivity contribution in [2.24, 2.45) is 23.3 Å². The molecule has 0 aromatic rings. The Morgan fingerprint density at radius 3 is 2.38 bits per heavy atom. The smallest absolute Gasteiger partial charge is 0.0561 e. The van der Waals surface area contributed by atoms with E-state index in [1.165, 1.54) is 12.8 Å². The summed E-state index contributed by atoms with van der Waals surface area (Å²) < 4.78 is 0. The monoisotopic (exact) mass is 185 g/mol. The lowest BCUT2D eigenvalue weighted by Crippen LogP contribution is -2.44. The molecule has 0 spiro atoms. The topological polar surface area (TPSA) is 64.1 Å². The van der Waals surface area contributed by atoms with Gasteiger partial charge in [0.25, 0.3) is 0 Å². The van der Waals surface area contributed by atoms with Crippen LogP contribution < -0.4 is 16.8 Å².